The van der Waals surface area contributed by atoms with Gasteiger partial charge in [0.15, 0.2) is 0 Å². The van der Waals surface area contributed by atoms with Gasteiger partial charge in [-0.1, -0.05) is 0 Å². The molecule has 4 heteroatoms. The zero-order valence-electron chi connectivity index (χ0n) is 6.53. The fourth-order valence-corrected chi connectivity index (χ4v) is 0.868. The molecule has 0 aliphatic carbocycles. The van der Waals surface area contributed by atoms with Crippen molar-refractivity contribution in [1.82, 2.24) is 0 Å². The maximum atomic E-state index is 10.4. The van der Waals surface area contributed by atoms with Crippen molar-refractivity contribution in [1.29, 1.82) is 0 Å². The van der Waals surface area contributed by atoms with E-state index in [4.69, 9.17) is 5.11 Å². The third kappa shape index (κ3) is 1.47. The minimum Gasteiger partial charge on any atom is -0.507 e. The molecule has 1 aromatic carbocycles. The van der Waals surface area contributed by atoms with Crippen LogP contribution in [-0.4, -0.2) is 23.2 Å². The van der Waals surface area contributed by atoms with Crippen LogP contribution in [0.15, 0.2) is 18.2 Å². The number of phenols is 1. The summed E-state index contributed by atoms with van der Waals surface area (Å²) in [4.78, 5) is 10.4. The lowest BCUT2D eigenvalue weighted by Crippen LogP contribution is -1.97. The summed E-state index contributed by atoms with van der Waals surface area (Å²) in [5.74, 6) is -1.36. The molecular formula is C8H9NO3. The highest BCUT2D eigenvalue weighted by Crippen LogP contribution is 2.21. The molecule has 0 aromatic heterocycles. The highest BCUT2D eigenvalue weighted by Gasteiger charge is 2.08. The van der Waals surface area contributed by atoms with Crippen LogP contribution < -0.4 is 5.32 Å². The number of carboxylic acids is 1. The van der Waals surface area contributed by atoms with E-state index >= 15 is 0 Å². The van der Waals surface area contributed by atoms with Gasteiger partial charge in [0, 0.05) is 18.8 Å². The molecule has 1 aromatic rings. The third-order valence-corrected chi connectivity index (χ3v) is 1.52. The first-order valence-electron chi connectivity index (χ1n) is 3.39. The Morgan fingerprint density at radius 2 is 2.17 bits per heavy atom. The van der Waals surface area contributed by atoms with E-state index in [1.165, 1.54) is 12.1 Å². The van der Waals surface area contributed by atoms with Gasteiger partial charge < -0.3 is 15.5 Å². The second-order valence-electron chi connectivity index (χ2n) is 2.29. The van der Waals surface area contributed by atoms with Gasteiger partial charge in [-0.3, -0.25) is 0 Å². The second kappa shape index (κ2) is 3.13. The van der Waals surface area contributed by atoms with Gasteiger partial charge in [-0.05, 0) is 12.1 Å². The maximum absolute atomic E-state index is 10.4. The van der Waals surface area contributed by atoms with Crippen molar-refractivity contribution >= 4 is 11.7 Å². The molecular weight excluding hydrogens is 158 g/mol. The predicted molar refractivity (Wildman–Crippen MR) is 44.6 cm³/mol. The molecule has 4 nitrogen and oxygen atoms in total. The normalized spacial score (nSPS) is 9.42. The number of benzene rings is 1. The fraction of sp³-hybridized carbons (Fsp3) is 0.125. The van der Waals surface area contributed by atoms with Crippen molar-refractivity contribution < 1.29 is 15.0 Å². The Bertz CT molecular complexity index is 309. The average Bonchev–Trinajstić information content (AvgIpc) is 2.03. The number of aromatic carboxylic acids is 1. The largest absolute Gasteiger partial charge is 0.507 e. The SMILES string of the molecule is CNc1ccc(C(=O)O)c(O)c1. The molecule has 0 aliphatic rings. The maximum Gasteiger partial charge on any atom is 0.339 e. The summed E-state index contributed by atoms with van der Waals surface area (Å²) in [6.45, 7) is 0. The summed E-state index contributed by atoms with van der Waals surface area (Å²) in [7, 11) is 1.69. The molecule has 0 heterocycles. The van der Waals surface area contributed by atoms with Gasteiger partial charge in [-0.15, -0.1) is 0 Å². The summed E-state index contributed by atoms with van der Waals surface area (Å²) in [5.41, 5.74) is 0.589. The molecule has 64 valence electrons. The van der Waals surface area contributed by atoms with Crippen LogP contribution in [0.3, 0.4) is 0 Å². The second-order valence-corrected chi connectivity index (χ2v) is 2.29. The van der Waals surface area contributed by atoms with Gasteiger partial charge in [0.1, 0.15) is 11.3 Å². The van der Waals surface area contributed by atoms with Crippen LogP contribution in [0.25, 0.3) is 0 Å². The van der Waals surface area contributed by atoms with Crippen LogP contribution in [-0.2, 0) is 0 Å². The van der Waals surface area contributed by atoms with E-state index in [-0.39, 0.29) is 11.3 Å². The number of carbonyl (C=O) groups is 1. The highest BCUT2D eigenvalue weighted by molar-refractivity contribution is 5.91. The first-order chi connectivity index (χ1) is 5.65. The zero-order chi connectivity index (χ0) is 9.14. The van der Waals surface area contributed by atoms with Crippen molar-refractivity contribution in [2.45, 2.75) is 0 Å². The Labute approximate surface area is 69.5 Å². The predicted octanol–water partition coefficient (Wildman–Crippen LogP) is 1.13. The lowest BCUT2D eigenvalue weighted by atomic mass is 10.2. The Morgan fingerprint density at radius 1 is 1.50 bits per heavy atom. The van der Waals surface area contributed by atoms with Crippen molar-refractivity contribution in [3.05, 3.63) is 23.8 Å². The van der Waals surface area contributed by atoms with Crippen molar-refractivity contribution in [2.75, 3.05) is 12.4 Å². The lowest BCUT2D eigenvalue weighted by molar-refractivity contribution is 0.0694. The lowest BCUT2D eigenvalue weighted by Gasteiger charge is -2.02. The molecule has 1 rings (SSSR count). The van der Waals surface area contributed by atoms with Crippen LogP contribution in [0.1, 0.15) is 10.4 Å². The standard InChI is InChI=1S/C8H9NO3/c1-9-5-2-3-6(8(11)12)7(10)4-5/h2-4,9-10H,1H3,(H,11,12). The van der Waals surface area contributed by atoms with Crippen LogP contribution in [0.5, 0.6) is 5.75 Å². The van der Waals surface area contributed by atoms with E-state index in [1.807, 2.05) is 0 Å². The van der Waals surface area contributed by atoms with E-state index in [1.54, 1.807) is 13.1 Å². The molecule has 12 heavy (non-hydrogen) atoms. The summed E-state index contributed by atoms with van der Waals surface area (Å²) in [5, 5.41) is 20.5. The summed E-state index contributed by atoms with van der Waals surface area (Å²) < 4.78 is 0. The number of hydrogen-bond acceptors (Lipinski definition) is 3. The van der Waals surface area contributed by atoms with Gasteiger partial charge in [-0.2, -0.15) is 0 Å². The highest BCUT2D eigenvalue weighted by atomic mass is 16.4. The molecule has 0 unspecified atom stereocenters. The third-order valence-electron chi connectivity index (χ3n) is 1.52. The topological polar surface area (TPSA) is 69.6 Å². The van der Waals surface area contributed by atoms with Crippen LogP contribution in [0.4, 0.5) is 5.69 Å². The minimum atomic E-state index is -1.13. The molecule has 0 fully saturated rings. The Hall–Kier alpha value is -1.71. The molecule has 0 saturated heterocycles. The van der Waals surface area contributed by atoms with E-state index < -0.39 is 5.97 Å². The molecule has 0 spiro atoms. The number of aromatic hydroxyl groups is 1. The Balaban J connectivity index is 3.12. The van der Waals surface area contributed by atoms with E-state index in [9.17, 15) is 9.90 Å². The smallest absolute Gasteiger partial charge is 0.339 e. The van der Waals surface area contributed by atoms with Gasteiger partial charge in [0.05, 0.1) is 0 Å². The zero-order valence-corrected chi connectivity index (χ0v) is 6.53. The van der Waals surface area contributed by atoms with Crippen LogP contribution >= 0.6 is 0 Å². The van der Waals surface area contributed by atoms with Gasteiger partial charge in [-0.25, -0.2) is 4.79 Å². The van der Waals surface area contributed by atoms with Crippen LogP contribution in [0, 0.1) is 0 Å². The molecule has 0 saturated carbocycles. The van der Waals surface area contributed by atoms with E-state index in [0.717, 1.165) is 0 Å². The van der Waals surface area contributed by atoms with Crippen LogP contribution in [0.2, 0.25) is 0 Å². The molecule has 0 aliphatic heterocycles. The van der Waals surface area contributed by atoms with E-state index in [0.29, 0.717) is 5.69 Å². The quantitative estimate of drug-likeness (QED) is 0.617. The van der Waals surface area contributed by atoms with E-state index in [2.05, 4.69) is 5.32 Å². The fourth-order valence-electron chi connectivity index (χ4n) is 0.868. The first-order valence-corrected chi connectivity index (χ1v) is 3.39. The molecule has 0 radical (unpaired) electrons. The molecule has 0 atom stereocenters. The Kier molecular flexibility index (Phi) is 2.19. The molecule has 0 amide bonds. The summed E-state index contributed by atoms with van der Waals surface area (Å²) in [6.07, 6.45) is 0. The molecule has 0 bridgehead atoms. The van der Waals surface area contributed by atoms with Crippen molar-refractivity contribution in [3.8, 4) is 5.75 Å². The first kappa shape index (κ1) is 8.39. The number of hydrogen-bond donors (Lipinski definition) is 3. The van der Waals surface area contributed by atoms with Gasteiger partial charge >= 0.3 is 5.97 Å². The number of nitrogens with one attached hydrogen (secondary N) is 1. The van der Waals surface area contributed by atoms with Gasteiger partial charge in [0.25, 0.3) is 0 Å². The average molecular weight is 167 g/mol. The van der Waals surface area contributed by atoms with Gasteiger partial charge in [0.2, 0.25) is 0 Å². The Morgan fingerprint density at radius 3 is 2.58 bits per heavy atom. The minimum absolute atomic E-state index is 0.0889. The number of carboxylic acid groups (broad SMARTS) is 1. The summed E-state index contributed by atoms with van der Waals surface area (Å²) >= 11 is 0. The molecule has 3 N–H and O–H groups in total. The van der Waals surface area contributed by atoms with Crippen molar-refractivity contribution in [3.63, 3.8) is 0 Å². The number of anilines is 1. The summed E-state index contributed by atoms with van der Waals surface area (Å²) in [6, 6.07) is 4.30. The number of rotatable bonds is 2. The van der Waals surface area contributed by atoms with Crippen molar-refractivity contribution in [2.24, 2.45) is 0 Å². The monoisotopic (exact) mass is 167 g/mol.